The number of aliphatic hydroxyl groups is 3. The van der Waals surface area contributed by atoms with Gasteiger partial charge in [-0.1, -0.05) is 12.1 Å². The van der Waals surface area contributed by atoms with Crippen LogP contribution in [0.3, 0.4) is 0 Å². The van der Waals surface area contributed by atoms with E-state index < -0.39 is 67.9 Å². The first kappa shape index (κ1) is 48.9. The fraction of sp³-hybridized carbons (Fsp3) is 0.706. The average molecular weight is 902 g/mol. The average Bonchev–Trinajstić information content (AvgIpc) is 3.10. The molecule has 1 saturated heterocycles. The van der Waals surface area contributed by atoms with Gasteiger partial charge in [0.05, 0.1) is 39.6 Å². The molecule has 0 radical (unpaired) electrons. The molecule has 4 atom stereocenters. The molecule has 19 heteroatoms. The van der Waals surface area contributed by atoms with Crippen LogP contribution in [0.15, 0.2) is 24.3 Å². The number of ether oxygens (including phenoxy) is 3. The fourth-order valence-corrected chi connectivity index (χ4v) is 6.07. The van der Waals surface area contributed by atoms with Gasteiger partial charge in [0.25, 0.3) is 0 Å². The second kappa shape index (κ2) is 27.4. The van der Waals surface area contributed by atoms with E-state index in [-0.39, 0.29) is 98.7 Å². The van der Waals surface area contributed by atoms with Crippen LogP contribution in [0.1, 0.15) is 25.3 Å². The molecule has 0 aromatic heterocycles. The maximum Gasteiger partial charge on any atom is 0.323 e. The summed E-state index contributed by atoms with van der Waals surface area (Å²) in [5, 5.41) is 69.5. The summed E-state index contributed by atoms with van der Waals surface area (Å²) in [6, 6.07) is 2.29. The summed E-state index contributed by atoms with van der Waals surface area (Å²) in [5.74, 6) is -4.43. The van der Waals surface area contributed by atoms with Crippen LogP contribution in [-0.4, -0.2) is 209 Å². The van der Waals surface area contributed by atoms with Crippen molar-refractivity contribution in [2.75, 3.05) is 105 Å². The first-order valence-corrected chi connectivity index (χ1v) is 17.5. The van der Waals surface area contributed by atoms with E-state index in [0.717, 1.165) is 5.56 Å². The third-order valence-corrected chi connectivity index (χ3v) is 9.06. The molecule has 0 unspecified atom stereocenters. The van der Waals surface area contributed by atoms with Crippen LogP contribution in [0.5, 0.6) is 5.75 Å². The molecule has 2 rings (SSSR count). The number of aryl methyl sites for hydroxylation is 1. The molecule has 0 aliphatic carbocycles. The smallest absolute Gasteiger partial charge is 0.323 e. The summed E-state index contributed by atoms with van der Waals surface area (Å²) in [7, 11) is 0. The molecule has 0 amide bonds. The molecule has 0 spiro atoms. The van der Waals surface area contributed by atoms with Gasteiger partial charge in [0.1, 0.15) is 36.5 Å². The summed E-state index contributed by atoms with van der Waals surface area (Å²) >= 11 is 0. The van der Waals surface area contributed by atoms with Crippen molar-refractivity contribution in [3.63, 3.8) is 0 Å². The number of hydrogen-bond donors (Lipinski definition) is 7. The van der Waals surface area contributed by atoms with Gasteiger partial charge in [-0.2, -0.15) is 0 Å². The number of hydrogen-bond acceptors (Lipinski definition) is 14. The van der Waals surface area contributed by atoms with Gasteiger partial charge in [-0.25, -0.2) is 0 Å². The van der Waals surface area contributed by atoms with Gasteiger partial charge in [0, 0.05) is 98.9 Å². The zero-order valence-electron chi connectivity index (χ0n) is 30.2. The first-order valence-electron chi connectivity index (χ1n) is 17.5. The van der Waals surface area contributed by atoms with E-state index in [9.17, 15) is 54.9 Å². The van der Waals surface area contributed by atoms with Crippen molar-refractivity contribution in [2.45, 2.75) is 50.4 Å². The third kappa shape index (κ3) is 17.5. The number of carboxylic acid groups (broad SMARTS) is 4. The Hall–Kier alpha value is -2.14. The molecule has 1 heterocycles. The van der Waals surface area contributed by atoms with Crippen molar-refractivity contribution < 1.29 is 109 Å². The Morgan fingerprint density at radius 2 is 0.943 bits per heavy atom. The molecular formula is C34H56GdN4O14. The van der Waals surface area contributed by atoms with Crippen molar-refractivity contribution in [1.82, 2.24) is 19.6 Å². The Bertz CT molecular complexity index is 1180. The van der Waals surface area contributed by atoms with E-state index in [2.05, 4.69) is 0 Å². The van der Waals surface area contributed by atoms with Gasteiger partial charge in [0.15, 0.2) is 0 Å². The van der Waals surface area contributed by atoms with E-state index >= 15 is 0 Å². The van der Waals surface area contributed by atoms with Crippen LogP contribution in [-0.2, 0) is 35.1 Å². The molecule has 1 aliphatic rings. The molecule has 0 saturated carbocycles. The maximum atomic E-state index is 12.7. The number of aliphatic carboxylic acids is 4. The zero-order valence-corrected chi connectivity index (χ0v) is 32.5. The summed E-state index contributed by atoms with van der Waals surface area (Å²) in [6.45, 7) is 1.81. The number of rotatable bonds is 23. The van der Waals surface area contributed by atoms with Crippen LogP contribution in [0, 0.1) is 39.9 Å². The molecule has 1 aromatic rings. The van der Waals surface area contributed by atoms with E-state index in [1.54, 1.807) is 4.90 Å². The Balaban J connectivity index is 0.0000140. The van der Waals surface area contributed by atoms with Gasteiger partial charge in [0.2, 0.25) is 0 Å². The number of nitrogens with zero attached hydrogens (tertiary/aromatic N) is 4. The molecule has 1 aliphatic heterocycles. The minimum Gasteiger partial charge on any atom is -0.491 e. The fourth-order valence-electron chi connectivity index (χ4n) is 6.07. The van der Waals surface area contributed by atoms with Crippen molar-refractivity contribution in [1.29, 1.82) is 0 Å². The van der Waals surface area contributed by atoms with Crippen LogP contribution < -0.4 is 4.74 Å². The minimum absolute atomic E-state index is 0. The second-order valence-corrected chi connectivity index (χ2v) is 12.3. The molecule has 0 bridgehead atoms. The maximum absolute atomic E-state index is 12.7. The third-order valence-electron chi connectivity index (χ3n) is 9.06. The van der Waals surface area contributed by atoms with Gasteiger partial charge in [-0.3, -0.25) is 38.8 Å². The molecular weight excluding hydrogens is 846 g/mol. The molecule has 18 nitrogen and oxygen atoms in total. The van der Waals surface area contributed by atoms with Crippen molar-refractivity contribution in [3.05, 3.63) is 29.8 Å². The van der Waals surface area contributed by atoms with Gasteiger partial charge in [-0.15, -0.1) is 0 Å². The number of aliphatic hydroxyl groups excluding tert-OH is 3. The largest absolute Gasteiger partial charge is 0.491 e. The predicted molar refractivity (Wildman–Crippen MR) is 185 cm³/mol. The monoisotopic (exact) mass is 902 g/mol. The quantitative estimate of drug-likeness (QED) is 0.0615. The number of benzene rings is 1. The molecule has 1 aromatic carbocycles. The molecule has 53 heavy (non-hydrogen) atoms. The predicted octanol–water partition coefficient (Wildman–Crippen LogP) is -1.55. The normalized spacial score (nSPS) is 18.0. The van der Waals surface area contributed by atoms with E-state index in [4.69, 9.17) is 14.2 Å². The molecule has 304 valence electrons. The summed E-state index contributed by atoms with van der Waals surface area (Å²) in [5.41, 5.74) is 0.960. The summed E-state index contributed by atoms with van der Waals surface area (Å²) in [6.07, 6.45) is 1.24. The first-order chi connectivity index (χ1) is 25.0. The van der Waals surface area contributed by atoms with Crippen LogP contribution in [0.4, 0.5) is 0 Å². The van der Waals surface area contributed by atoms with E-state index in [1.807, 2.05) is 31.2 Å². The van der Waals surface area contributed by atoms with Crippen LogP contribution in [0.2, 0.25) is 0 Å². The van der Waals surface area contributed by atoms with Crippen molar-refractivity contribution in [3.8, 4) is 5.75 Å². The second-order valence-electron chi connectivity index (χ2n) is 12.3. The SMILES string of the molecule is CCOCCOCCOc1ccc(CCC[C@@H](C(=O)O)N2CCN([C@H](CO)C(=O)O)CCN([C@@H](CO)C(=O)O)CCN([C@@H](CO)C(=O)O)CC2)cc1.[Gd]. The topological polar surface area (TPSA) is 251 Å². The van der Waals surface area contributed by atoms with Gasteiger partial charge >= 0.3 is 23.9 Å². The number of carbonyl (C=O) groups is 4. The summed E-state index contributed by atoms with van der Waals surface area (Å²) in [4.78, 5) is 54.6. The Kier molecular flexibility index (Phi) is 25.3. The Morgan fingerprint density at radius 1 is 0.585 bits per heavy atom. The summed E-state index contributed by atoms with van der Waals surface area (Å²) < 4.78 is 16.4. The van der Waals surface area contributed by atoms with E-state index in [0.29, 0.717) is 51.6 Å². The Morgan fingerprint density at radius 3 is 1.30 bits per heavy atom. The van der Waals surface area contributed by atoms with Gasteiger partial charge in [-0.05, 0) is 43.9 Å². The molecule has 1 fully saturated rings. The standard InChI is InChI=1S/C34H56N4O14.Gd/c1-2-50-18-19-51-20-21-52-26-8-6-25(7-9-26)4-3-5-27(31(42)43)35-10-12-36(28(22-39)32(44)45)14-16-38(30(24-41)34(48)49)17-15-37(13-11-35)29(23-40)33(46)47;/h6-9,27-30,39-41H,2-5,10-24H2,1H3,(H,42,43)(H,44,45)(H,46,47)(H,48,49);/t27-,28-,29+,30-;/m0./s1. The van der Waals surface area contributed by atoms with Crippen molar-refractivity contribution in [2.24, 2.45) is 0 Å². The molecule has 7 N–H and O–H groups in total. The zero-order chi connectivity index (χ0) is 38.5. The van der Waals surface area contributed by atoms with E-state index in [1.165, 1.54) is 14.7 Å². The van der Waals surface area contributed by atoms with Crippen LogP contribution in [0.25, 0.3) is 0 Å². The van der Waals surface area contributed by atoms with Crippen LogP contribution >= 0.6 is 0 Å². The number of carboxylic acids is 4. The van der Waals surface area contributed by atoms with Crippen molar-refractivity contribution >= 4 is 23.9 Å². The van der Waals surface area contributed by atoms with Gasteiger partial charge < -0.3 is 50.0 Å². The Labute approximate surface area is 341 Å². The minimum atomic E-state index is -1.38.